The average Bonchev–Trinajstić information content (AvgIpc) is 3.19. The summed E-state index contributed by atoms with van der Waals surface area (Å²) in [6, 6.07) is 21.4. The number of rotatable bonds is 25. The van der Waals surface area contributed by atoms with E-state index in [0.717, 1.165) is 89.2 Å². The topological polar surface area (TPSA) is 141 Å². The molecule has 56 heavy (non-hydrogen) atoms. The van der Waals surface area contributed by atoms with Gasteiger partial charge in [0.1, 0.15) is 11.5 Å². The predicted octanol–water partition coefficient (Wildman–Crippen LogP) is 9.83. The van der Waals surface area contributed by atoms with Crippen LogP contribution in [-0.2, 0) is 33.3 Å². The SMILES string of the molecule is CCC(C)COC(=O)c1ccc(-c2ccc(OC(=O)c3ccc(OCCCCCCCCCCCCOC(=O)C(CC)(OC(C)=O)OC(C)=O)cc3)cc2)cc1. The van der Waals surface area contributed by atoms with Gasteiger partial charge in [0.05, 0.1) is 30.9 Å². The fraction of sp³-hybridized carbons (Fsp3) is 0.489. The van der Waals surface area contributed by atoms with E-state index >= 15 is 0 Å². The van der Waals surface area contributed by atoms with Gasteiger partial charge in [0.15, 0.2) is 0 Å². The fourth-order valence-electron chi connectivity index (χ4n) is 5.73. The van der Waals surface area contributed by atoms with Gasteiger partial charge < -0.3 is 28.4 Å². The molecular formula is C45H58O11. The molecular weight excluding hydrogens is 716 g/mol. The van der Waals surface area contributed by atoms with E-state index in [9.17, 15) is 24.0 Å². The summed E-state index contributed by atoms with van der Waals surface area (Å²) in [4.78, 5) is 60.4. The molecule has 3 aromatic rings. The lowest BCUT2D eigenvalue weighted by molar-refractivity contribution is -0.239. The molecule has 304 valence electrons. The molecule has 0 aliphatic rings. The first-order valence-corrected chi connectivity index (χ1v) is 19.8. The van der Waals surface area contributed by atoms with E-state index in [1.807, 2.05) is 31.2 Å². The summed E-state index contributed by atoms with van der Waals surface area (Å²) in [6.07, 6.45) is 11.2. The minimum absolute atomic E-state index is 0.0366. The highest BCUT2D eigenvalue weighted by atomic mass is 16.8. The molecule has 0 heterocycles. The Morgan fingerprint density at radius 1 is 0.554 bits per heavy atom. The molecule has 3 rings (SSSR count). The number of esters is 5. The maximum atomic E-state index is 12.7. The van der Waals surface area contributed by atoms with E-state index in [1.54, 1.807) is 55.5 Å². The van der Waals surface area contributed by atoms with Crippen molar-refractivity contribution in [2.24, 2.45) is 5.92 Å². The summed E-state index contributed by atoms with van der Waals surface area (Å²) in [5.41, 5.74) is 2.80. The van der Waals surface area contributed by atoms with Crippen molar-refractivity contribution in [3.63, 3.8) is 0 Å². The van der Waals surface area contributed by atoms with E-state index in [4.69, 9.17) is 28.4 Å². The van der Waals surface area contributed by atoms with Gasteiger partial charge in [-0.05, 0) is 78.4 Å². The van der Waals surface area contributed by atoms with Crippen LogP contribution in [0, 0.1) is 5.92 Å². The Labute approximate surface area is 331 Å². The summed E-state index contributed by atoms with van der Waals surface area (Å²) in [7, 11) is 0. The van der Waals surface area contributed by atoms with Crippen LogP contribution in [0.25, 0.3) is 11.1 Å². The van der Waals surface area contributed by atoms with Crippen LogP contribution in [-0.4, -0.2) is 55.5 Å². The van der Waals surface area contributed by atoms with E-state index in [0.29, 0.717) is 48.2 Å². The standard InChI is InChI=1S/C45H58O11/c1-6-33(3)32-53-42(48)38-20-18-36(19-21-38)37-22-28-41(29-23-37)54-43(49)39-24-26-40(27-25-39)51-30-16-14-12-10-8-9-11-13-15-17-31-52-44(50)45(7-2,55-34(4)46)56-35(5)47/h18-29,33H,6-17,30-32H2,1-5H3. The highest BCUT2D eigenvalue weighted by Gasteiger charge is 2.46. The lowest BCUT2D eigenvalue weighted by Crippen LogP contribution is -2.47. The molecule has 0 saturated heterocycles. The second-order valence-electron chi connectivity index (χ2n) is 13.9. The zero-order valence-electron chi connectivity index (χ0n) is 33.6. The van der Waals surface area contributed by atoms with Gasteiger partial charge in [-0.2, -0.15) is 0 Å². The predicted molar refractivity (Wildman–Crippen MR) is 212 cm³/mol. The van der Waals surface area contributed by atoms with Gasteiger partial charge in [-0.1, -0.05) is 103 Å². The zero-order valence-corrected chi connectivity index (χ0v) is 33.6. The van der Waals surface area contributed by atoms with E-state index in [1.165, 1.54) is 0 Å². The highest BCUT2D eigenvalue weighted by molar-refractivity contribution is 5.91. The largest absolute Gasteiger partial charge is 0.494 e. The first-order valence-electron chi connectivity index (χ1n) is 19.8. The van der Waals surface area contributed by atoms with Crippen molar-refractivity contribution in [1.29, 1.82) is 0 Å². The van der Waals surface area contributed by atoms with Gasteiger partial charge in [0, 0.05) is 20.3 Å². The summed E-state index contributed by atoms with van der Waals surface area (Å²) in [5, 5.41) is 0. The molecule has 0 aromatic heterocycles. The van der Waals surface area contributed by atoms with Crippen molar-refractivity contribution in [1.82, 2.24) is 0 Å². The number of unbranched alkanes of at least 4 members (excludes halogenated alkanes) is 9. The molecule has 3 aromatic carbocycles. The maximum absolute atomic E-state index is 12.7. The van der Waals surface area contributed by atoms with Crippen molar-refractivity contribution >= 4 is 29.8 Å². The Balaban J connectivity index is 1.23. The molecule has 0 fully saturated rings. The van der Waals surface area contributed by atoms with Crippen molar-refractivity contribution in [2.45, 2.75) is 117 Å². The molecule has 11 nitrogen and oxygen atoms in total. The zero-order chi connectivity index (χ0) is 40.8. The molecule has 0 aliphatic carbocycles. The maximum Gasteiger partial charge on any atom is 0.393 e. The molecule has 1 unspecified atom stereocenters. The second kappa shape index (κ2) is 24.3. The van der Waals surface area contributed by atoms with Crippen molar-refractivity contribution in [3.05, 3.63) is 83.9 Å². The molecule has 0 radical (unpaired) electrons. The van der Waals surface area contributed by atoms with E-state index in [2.05, 4.69) is 6.92 Å². The number of ether oxygens (including phenoxy) is 6. The minimum Gasteiger partial charge on any atom is -0.494 e. The molecule has 11 heteroatoms. The Bertz CT molecular complexity index is 1650. The van der Waals surface area contributed by atoms with E-state index in [-0.39, 0.29) is 19.0 Å². The van der Waals surface area contributed by atoms with Crippen LogP contribution in [0.1, 0.15) is 132 Å². The molecule has 0 amide bonds. The first-order chi connectivity index (χ1) is 27.0. The van der Waals surface area contributed by atoms with Gasteiger partial charge in [-0.25, -0.2) is 14.4 Å². The fourth-order valence-corrected chi connectivity index (χ4v) is 5.73. The summed E-state index contributed by atoms with van der Waals surface area (Å²) < 4.78 is 32.1. The van der Waals surface area contributed by atoms with Crippen LogP contribution in [0.3, 0.4) is 0 Å². The molecule has 1 atom stereocenters. The quantitative estimate of drug-likeness (QED) is 0.0267. The molecule has 0 bridgehead atoms. The average molecular weight is 775 g/mol. The smallest absolute Gasteiger partial charge is 0.393 e. The lowest BCUT2D eigenvalue weighted by atomic mass is 10.0. The van der Waals surface area contributed by atoms with Gasteiger partial charge in [0.2, 0.25) is 0 Å². The van der Waals surface area contributed by atoms with Gasteiger partial charge >= 0.3 is 35.6 Å². The summed E-state index contributed by atoms with van der Waals surface area (Å²) >= 11 is 0. The Morgan fingerprint density at radius 2 is 1.00 bits per heavy atom. The lowest BCUT2D eigenvalue weighted by Gasteiger charge is -2.28. The van der Waals surface area contributed by atoms with Crippen molar-refractivity contribution < 1.29 is 52.4 Å². The van der Waals surface area contributed by atoms with Crippen LogP contribution in [0.4, 0.5) is 0 Å². The summed E-state index contributed by atoms with van der Waals surface area (Å²) in [5.74, 6) is -3.69. The number of carbonyl (C=O) groups excluding carboxylic acids is 5. The van der Waals surface area contributed by atoms with Gasteiger partial charge in [-0.3, -0.25) is 9.59 Å². The van der Waals surface area contributed by atoms with Crippen LogP contribution in [0.5, 0.6) is 11.5 Å². The third kappa shape index (κ3) is 15.9. The van der Waals surface area contributed by atoms with Crippen LogP contribution >= 0.6 is 0 Å². The van der Waals surface area contributed by atoms with Crippen LogP contribution in [0.2, 0.25) is 0 Å². The van der Waals surface area contributed by atoms with Crippen molar-refractivity contribution in [2.75, 3.05) is 19.8 Å². The number of benzene rings is 3. The first kappa shape index (κ1) is 45.2. The van der Waals surface area contributed by atoms with Crippen LogP contribution < -0.4 is 9.47 Å². The number of carbonyl (C=O) groups is 5. The summed E-state index contributed by atoms with van der Waals surface area (Å²) in [6.45, 7) is 9.15. The third-order valence-corrected chi connectivity index (χ3v) is 9.24. The normalized spacial score (nSPS) is 11.6. The Kier molecular flexibility index (Phi) is 19.7. The van der Waals surface area contributed by atoms with Gasteiger partial charge in [-0.15, -0.1) is 0 Å². The number of hydrogen-bond acceptors (Lipinski definition) is 11. The van der Waals surface area contributed by atoms with Crippen LogP contribution in [0.15, 0.2) is 72.8 Å². The minimum atomic E-state index is -2.03. The van der Waals surface area contributed by atoms with Crippen molar-refractivity contribution in [3.8, 4) is 22.6 Å². The van der Waals surface area contributed by atoms with E-state index < -0.39 is 29.7 Å². The Morgan fingerprint density at radius 3 is 1.50 bits per heavy atom. The molecule has 0 spiro atoms. The Hall–Kier alpha value is -5.19. The third-order valence-electron chi connectivity index (χ3n) is 9.24. The molecule has 0 aliphatic heterocycles. The molecule has 0 N–H and O–H groups in total. The monoisotopic (exact) mass is 774 g/mol. The number of hydrogen-bond donors (Lipinski definition) is 0. The molecule has 0 saturated carbocycles. The highest BCUT2D eigenvalue weighted by Crippen LogP contribution is 2.25. The second-order valence-corrected chi connectivity index (χ2v) is 13.9. The van der Waals surface area contributed by atoms with Gasteiger partial charge in [0.25, 0.3) is 0 Å².